The molecule has 1 atom stereocenters. The van der Waals surface area contributed by atoms with E-state index in [4.69, 9.17) is 13.6 Å². The molecule has 2 aliphatic heterocycles. The first kappa shape index (κ1) is 22.8. The van der Waals surface area contributed by atoms with Gasteiger partial charge in [0.1, 0.15) is 11.3 Å². The molecule has 3 aromatic heterocycles. The van der Waals surface area contributed by atoms with Crippen LogP contribution in [-0.4, -0.2) is 65.6 Å². The number of aliphatic hydroxyl groups is 1. The first-order valence-electron chi connectivity index (χ1n) is 11.9. The number of aliphatic hydroxyl groups excluding tert-OH is 1. The molecule has 4 aromatic rings. The van der Waals surface area contributed by atoms with Gasteiger partial charge in [0.25, 0.3) is 11.9 Å². The molecule has 0 spiro atoms. The number of benzene rings is 1. The molecule has 1 unspecified atom stereocenters. The molecule has 1 aromatic carbocycles. The maximum absolute atomic E-state index is 14.3. The van der Waals surface area contributed by atoms with Crippen LogP contribution < -0.4 is 15.1 Å². The van der Waals surface area contributed by atoms with Crippen molar-refractivity contribution in [2.75, 3.05) is 54.5 Å². The van der Waals surface area contributed by atoms with Crippen LogP contribution in [0.1, 0.15) is 24.8 Å². The monoisotopic (exact) mass is 500 g/mol. The first-order chi connectivity index (χ1) is 17.4. The number of halogens is 2. The lowest BCUT2D eigenvalue weighted by molar-refractivity contribution is -0.0116. The van der Waals surface area contributed by atoms with E-state index in [1.807, 2.05) is 4.90 Å². The Morgan fingerprint density at radius 2 is 1.97 bits per heavy atom. The minimum absolute atomic E-state index is 0.147. The van der Waals surface area contributed by atoms with Crippen LogP contribution in [0.2, 0.25) is 0 Å². The van der Waals surface area contributed by atoms with Crippen molar-refractivity contribution in [3.63, 3.8) is 0 Å². The molecular formula is C24H26F2N6O4. The van der Waals surface area contributed by atoms with Crippen molar-refractivity contribution in [2.45, 2.75) is 25.0 Å². The summed E-state index contributed by atoms with van der Waals surface area (Å²) in [4.78, 5) is 8.22. The molecule has 0 bridgehead atoms. The largest absolute Gasteiger partial charge is 0.456 e. The maximum atomic E-state index is 14.3. The number of fused-ring (bicyclic) bond motifs is 1. The summed E-state index contributed by atoms with van der Waals surface area (Å²) >= 11 is 0. The summed E-state index contributed by atoms with van der Waals surface area (Å²) in [5, 5.41) is 20.6. The Morgan fingerprint density at radius 1 is 1.11 bits per heavy atom. The summed E-state index contributed by atoms with van der Waals surface area (Å²) in [6.45, 7) is 2.51. The van der Waals surface area contributed by atoms with Gasteiger partial charge in [0.15, 0.2) is 17.6 Å². The Bertz CT molecular complexity index is 1330. The van der Waals surface area contributed by atoms with E-state index in [0.717, 1.165) is 5.56 Å². The number of alkyl halides is 2. The van der Waals surface area contributed by atoms with E-state index >= 15 is 0 Å². The number of aromatic nitrogens is 3. The number of hydrogen-bond donors (Lipinski definition) is 3. The fourth-order valence-electron chi connectivity index (χ4n) is 4.65. The zero-order chi connectivity index (χ0) is 24.7. The molecule has 0 saturated carbocycles. The van der Waals surface area contributed by atoms with Crippen molar-refractivity contribution in [2.24, 2.45) is 0 Å². The molecule has 2 fully saturated rings. The molecule has 190 valence electrons. The van der Waals surface area contributed by atoms with Crippen LogP contribution in [0.4, 0.5) is 26.2 Å². The molecular weight excluding hydrogens is 474 g/mol. The third kappa shape index (κ3) is 4.49. The highest BCUT2D eigenvalue weighted by Gasteiger charge is 2.36. The molecule has 12 heteroatoms. The molecule has 6 rings (SSSR count). The Balaban J connectivity index is 1.34. The van der Waals surface area contributed by atoms with Crippen LogP contribution in [0.15, 0.2) is 45.5 Å². The molecule has 10 nitrogen and oxygen atoms in total. The van der Waals surface area contributed by atoms with Crippen molar-refractivity contribution < 1.29 is 27.5 Å². The minimum atomic E-state index is -2.80. The summed E-state index contributed by atoms with van der Waals surface area (Å²) < 4.78 is 45.8. The van der Waals surface area contributed by atoms with Gasteiger partial charge in [-0.2, -0.15) is 10.1 Å². The number of hydrogen-bond acceptors (Lipinski definition) is 9. The summed E-state index contributed by atoms with van der Waals surface area (Å²) in [6, 6.07) is 7.26. The van der Waals surface area contributed by atoms with Crippen LogP contribution in [-0.2, 0) is 4.74 Å². The number of nitrogens with one attached hydrogen (secondary N) is 2. The summed E-state index contributed by atoms with van der Waals surface area (Å²) in [5.74, 6) is -1.99. The second kappa shape index (κ2) is 9.10. The van der Waals surface area contributed by atoms with Gasteiger partial charge in [0, 0.05) is 38.3 Å². The lowest BCUT2D eigenvalue weighted by Crippen LogP contribution is -2.43. The second-order valence-corrected chi connectivity index (χ2v) is 9.05. The van der Waals surface area contributed by atoms with E-state index < -0.39 is 18.7 Å². The number of furan rings is 1. The third-order valence-electron chi connectivity index (χ3n) is 6.48. The smallest absolute Gasteiger partial charge is 0.298 e. The average Bonchev–Trinajstić information content (AvgIpc) is 3.64. The minimum Gasteiger partial charge on any atom is -0.456 e. The van der Waals surface area contributed by atoms with Gasteiger partial charge >= 0.3 is 0 Å². The van der Waals surface area contributed by atoms with Crippen LogP contribution >= 0.6 is 0 Å². The molecule has 2 saturated heterocycles. The Hall–Kier alpha value is -3.64. The van der Waals surface area contributed by atoms with Crippen LogP contribution in [0, 0.1) is 0 Å². The highest BCUT2D eigenvalue weighted by molar-refractivity contribution is 5.88. The Kier molecular flexibility index (Phi) is 5.76. The van der Waals surface area contributed by atoms with Crippen molar-refractivity contribution in [3.05, 3.63) is 42.4 Å². The number of morpholine rings is 1. The topological polar surface area (TPSA) is 116 Å². The Labute approximate surface area is 204 Å². The van der Waals surface area contributed by atoms with Crippen LogP contribution in [0.3, 0.4) is 0 Å². The van der Waals surface area contributed by atoms with E-state index in [2.05, 4.69) is 20.5 Å². The van der Waals surface area contributed by atoms with Crippen molar-refractivity contribution in [1.29, 1.82) is 0 Å². The van der Waals surface area contributed by atoms with Crippen molar-refractivity contribution in [3.8, 4) is 11.3 Å². The average molecular weight is 501 g/mol. The van der Waals surface area contributed by atoms with Gasteiger partial charge in [-0.05, 0) is 24.6 Å². The quantitative estimate of drug-likeness (QED) is 0.338. The molecule has 0 amide bonds. The fourth-order valence-corrected chi connectivity index (χ4v) is 4.65. The Morgan fingerprint density at radius 3 is 2.75 bits per heavy atom. The van der Waals surface area contributed by atoms with E-state index in [1.165, 1.54) is 0 Å². The predicted octanol–water partition coefficient (Wildman–Crippen LogP) is 3.99. The number of H-pyrrole nitrogens is 1. The standard InChI is InChI=1S/C24H26F2N6O4/c25-24(26)4-1-5-32(14-24)18-10-17-21(36-23(30-17)31-6-8-34-9-7-31)11-16(18)29-22(33)20-3-2-19(35-20)15-12-27-28-13-15/h2-3,10-13,22,29,33H,1,4-9,14H2,(H,27,28). The molecule has 36 heavy (non-hydrogen) atoms. The number of anilines is 3. The van der Waals surface area contributed by atoms with E-state index in [9.17, 15) is 13.9 Å². The molecule has 5 heterocycles. The number of aromatic amines is 1. The third-order valence-corrected chi connectivity index (χ3v) is 6.48. The highest BCUT2D eigenvalue weighted by Crippen LogP contribution is 2.39. The maximum Gasteiger partial charge on any atom is 0.298 e. The summed E-state index contributed by atoms with van der Waals surface area (Å²) in [5.41, 5.74) is 2.74. The zero-order valence-corrected chi connectivity index (χ0v) is 19.4. The zero-order valence-electron chi connectivity index (χ0n) is 19.4. The number of rotatable bonds is 6. The fraction of sp³-hybridized carbons (Fsp3) is 0.417. The van der Waals surface area contributed by atoms with Crippen molar-refractivity contribution in [1.82, 2.24) is 15.2 Å². The van der Waals surface area contributed by atoms with Gasteiger partial charge in [-0.3, -0.25) is 5.10 Å². The van der Waals surface area contributed by atoms with Gasteiger partial charge in [-0.15, -0.1) is 0 Å². The lowest BCUT2D eigenvalue weighted by Gasteiger charge is -2.35. The van der Waals surface area contributed by atoms with Crippen molar-refractivity contribution >= 4 is 28.5 Å². The van der Waals surface area contributed by atoms with E-state index in [-0.39, 0.29) is 12.2 Å². The van der Waals surface area contributed by atoms with Gasteiger partial charge < -0.3 is 33.8 Å². The van der Waals surface area contributed by atoms with Gasteiger partial charge in [0.2, 0.25) is 0 Å². The number of oxazole rings is 1. The molecule has 3 N–H and O–H groups in total. The van der Waals surface area contributed by atoms with Gasteiger partial charge in [-0.25, -0.2) is 8.78 Å². The SMILES string of the molecule is OC(Nc1cc2oc(N3CCOCC3)nc2cc1N1CCCC(F)(F)C1)c1ccc(-c2cn[nH]c2)o1. The number of ether oxygens (including phenoxy) is 1. The molecule has 0 aliphatic carbocycles. The summed E-state index contributed by atoms with van der Waals surface area (Å²) in [6.07, 6.45) is 2.28. The van der Waals surface area contributed by atoms with Gasteiger partial charge in [-0.1, -0.05) is 0 Å². The van der Waals surface area contributed by atoms with Gasteiger partial charge in [0.05, 0.1) is 42.9 Å². The van der Waals surface area contributed by atoms with Crippen LogP contribution in [0.25, 0.3) is 22.4 Å². The normalized spacial score (nSPS) is 19.1. The van der Waals surface area contributed by atoms with E-state index in [1.54, 1.807) is 41.6 Å². The first-order valence-corrected chi connectivity index (χ1v) is 11.9. The number of piperidine rings is 1. The molecule has 0 radical (unpaired) electrons. The van der Waals surface area contributed by atoms with E-state index in [0.29, 0.717) is 73.5 Å². The predicted molar refractivity (Wildman–Crippen MR) is 128 cm³/mol. The second-order valence-electron chi connectivity index (χ2n) is 9.05. The highest BCUT2D eigenvalue weighted by atomic mass is 19.3. The number of nitrogens with zero attached hydrogens (tertiary/aromatic N) is 4. The molecule has 2 aliphatic rings. The van der Waals surface area contributed by atoms with Crippen LogP contribution in [0.5, 0.6) is 0 Å². The lowest BCUT2D eigenvalue weighted by atomic mass is 10.1. The summed E-state index contributed by atoms with van der Waals surface area (Å²) in [7, 11) is 0.